The van der Waals surface area contributed by atoms with Crippen LogP contribution in [0.25, 0.3) is 10.2 Å². The van der Waals surface area contributed by atoms with Gasteiger partial charge in [0.1, 0.15) is 23.0 Å². The summed E-state index contributed by atoms with van der Waals surface area (Å²) >= 11 is 1.50. The van der Waals surface area contributed by atoms with Crippen molar-refractivity contribution in [2.75, 3.05) is 31.4 Å². The van der Waals surface area contributed by atoms with Gasteiger partial charge in [0.05, 0.1) is 60.5 Å². The molecule has 6 rings (SSSR count). The van der Waals surface area contributed by atoms with Crippen molar-refractivity contribution in [2.24, 2.45) is 5.10 Å². The third kappa shape index (κ3) is 16.1. The molecule has 346 valence electrons. The molecule has 0 fully saturated rings. The molecule has 0 unspecified atom stereocenters. The Morgan fingerprint density at radius 1 is 0.582 bits per heavy atom. The summed E-state index contributed by atoms with van der Waals surface area (Å²) in [7, 11) is 0. The second-order valence-corrected chi connectivity index (χ2v) is 16.1. The maximum atomic E-state index is 13.6. The molecular formula is C53H53N3O10S. The van der Waals surface area contributed by atoms with E-state index in [1.807, 2.05) is 54.6 Å². The summed E-state index contributed by atoms with van der Waals surface area (Å²) in [5.74, 6) is -0.412. The van der Waals surface area contributed by atoms with E-state index in [0.29, 0.717) is 66.3 Å². The van der Waals surface area contributed by atoms with Gasteiger partial charge in [-0.25, -0.2) is 29.2 Å². The minimum absolute atomic E-state index is 0.190. The number of carbonyl (C=O) groups is 4. The van der Waals surface area contributed by atoms with Crippen LogP contribution >= 0.6 is 11.3 Å². The molecule has 0 N–H and O–H groups in total. The van der Waals surface area contributed by atoms with Crippen LogP contribution in [0.4, 0.5) is 5.13 Å². The predicted octanol–water partition coefficient (Wildman–Crippen LogP) is 11.1. The van der Waals surface area contributed by atoms with Gasteiger partial charge in [0.2, 0.25) is 5.13 Å². The lowest BCUT2D eigenvalue weighted by atomic mass is 10.2. The normalized spacial score (nSPS) is 10.9. The van der Waals surface area contributed by atoms with E-state index < -0.39 is 23.9 Å². The molecule has 5 aromatic carbocycles. The van der Waals surface area contributed by atoms with Gasteiger partial charge in [-0.2, -0.15) is 5.10 Å². The van der Waals surface area contributed by atoms with Crippen molar-refractivity contribution in [3.8, 4) is 23.0 Å². The number of carbonyl (C=O) groups excluding carboxylic acids is 4. The first-order chi connectivity index (χ1) is 32.8. The lowest BCUT2D eigenvalue weighted by Crippen LogP contribution is -2.16. The van der Waals surface area contributed by atoms with E-state index in [0.717, 1.165) is 79.3 Å². The van der Waals surface area contributed by atoms with E-state index in [2.05, 4.69) is 13.2 Å². The van der Waals surface area contributed by atoms with Crippen LogP contribution in [-0.4, -0.2) is 61.5 Å². The SMILES string of the molecule is C=CC(=O)OCCCCCCOc1ccc(C(=O)Oc2ccc(OC(=O)c3ccc(OCCCCCCOC(=O)C=C)cc3)c(/C=N/N(Cc3ccccc3)c3nc4ccccc4s3)c2)cc1. The van der Waals surface area contributed by atoms with Gasteiger partial charge in [-0.3, -0.25) is 0 Å². The zero-order valence-electron chi connectivity index (χ0n) is 37.2. The van der Waals surface area contributed by atoms with E-state index in [1.165, 1.54) is 11.3 Å². The molecule has 0 aliphatic carbocycles. The lowest BCUT2D eigenvalue weighted by Gasteiger charge is -2.16. The number of benzene rings is 5. The topological polar surface area (TPSA) is 152 Å². The van der Waals surface area contributed by atoms with Gasteiger partial charge >= 0.3 is 23.9 Å². The van der Waals surface area contributed by atoms with Gasteiger partial charge in [0, 0.05) is 17.7 Å². The molecule has 0 saturated carbocycles. The summed E-state index contributed by atoms with van der Waals surface area (Å²) in [5, 5.41) is 7.31. The minimum atomic E-state index is -0.607. The van der Waals surface area contributed by atoms with Crippen molar-refractivity contribution in [3.63, 3.8) is 0 Å². The number of nitrogens with zero attached hydrogens (tertiary/aromatic N) is 3. The van der Waals surface area contributed by atoms with E-state index in [1.54, 1.807) is 78.0 Å². The lowest BCUT2D eigenvalue weighted by molar-refractivity contribution is -0.138. The Morgan fingerprint density at radius 3 is 1.67 bits per heavy atom. The van der Waals surface area contributed by atoms with Gasteiger partial charge in [-0.05, 0) is 136 Å². The largest absolute Gasteiger partial charge is 0.494 e. The molecule has 14 heteroatoms. The molecule has 0 radical (unpaired) electrons. The van der Waals surface area contributed by atoms with Crippen LogP contribution < -0.4 is 24.0 Å². The Labute approximate surface area is 394 Å². The first-order valence-electron chi connectivity index (χ1n) is 22.1. The standard InChI is InChI=1S/C53H53N3O10S/c1-3-49(57)63-34-16-7-5-14-32-61-43-26-22-40(23-27-43)51(59)65-45-30-31-47(66-52(60)41-24-28-44(29-25-41)62-33-15-6-8-17-35-64-50(58)4-2)42(36-45)37-54-56(38-39-18-10-9-11-19-39)53-55-46-20-12-13-21-48(46)67-53/h3-4,9-13,18-31,36-37H,1-2,5-8,14-17,32-35,38H2/b54-37+. The molecule has 13 nitrogen and oxygen atoms in total. The number of hydrazone groups is 1. The monoisotopic (exact) mass is 923 g/mol. The first-order valence-corrected chi connectivity index (χ1v) is 22.9. The average Bonchev–Trinajstić information content (AvgIpc) is 3.80. The number of hydrogen-bond donors (Lipinski definition) is 0. The highest BCUT2D eigenvalue weighted by Gasteiger charge is 2.17. The highest BCUT2D eigenvalue weighted by atomic mass is 32.1. The molecule has 6 aromatic rings. The smallest absolute Gasteiger partial charge is 0.343 e. The van der Waals surface area contributed by atoms with Crippen molar-refractivity contribution in [2.45, 2.75) is 57.9 Å². The molecule has 0 aliphatic rings. The maximum Gasteiger partial charge on any atom is 0.343 e. The summed E-state index contributed by atoms with van der Waals surface area (Å²) < 4.78 is 34.5. The highest BCUT2D eigenvalue weighted by molar-refractivity contribution is 7.22. The molecule has 1 aromatic heterocycles. The molecule has 0 saturated heterocycles. The zero-order chi connectivity index (χ0) is 47.1. The molecule has 0 aliphatic heterocycles. The molecule has 67 heavy (non-hydrogen) atoms. The van der Waals surface area contributed by atoms with Gasteiger partial charge in [-0.15, -0.1) is 0 Å². The Morgan fingerprint density at radius 2 is 1.10 bits per heavy atom. The van der Waals surface area contributed by atoms with Crippen molar-refractivity contribution >= 4 is 56.8 Å². The molecule has 0 atom stereocenters. The minimum Gasteiger partial charge on any atom is -0.494 e. The van der Waals surface area contributed by atoms with Crippen molar-refractivity contribution < 1.29 is 47.6 Å². The predicted molar refractivity (Wildman–Crippen MR) is 259 cm³/mol. The van der Waals surface area contributed by atoms with Crippen LogP contribution in [0, 0.1) is 0 Å². The summed E-state index contributed by atoms with van der Waals surface area (Å²) in [6.07, 6.45) is 10.7. The second kappa shape index (κ2) is 26.4. The summed E-state index contributed by atoms with van der Waals surface area (Å²) in [6, 6.07) is 35.8. The second-order valence-electron chi connectivity index (χ2n) is 15.0. The van der Waals surface area contributed by atoms with Crippen LogP contribution in [0.3, 0.4) is 0 Å². The van der Waals surface area contributed by atoms with Gasteiger partial charge < -0.3 is 28.4 Å². The summed E-state index contributed by atoms with van der Waals surface area (Å²) in [6.45, 7) is 8.90. The molecule has 0 spiro atoms. The average molecular weight is 924 g/mol. The van der Waals surface area contributed by atoms with Gasteiger partial charge in [-0.1, -0.05) is 67.0 Å². The number of hydrogen-bond acceptors (Lipinski definition) is 14. The number of ether oxygens (including phenoxy) is 6. The number of esters is 4. The van der Waals surface area contributed by atoms with Crippen LogP contribution in [-0.2, 0) is 25.6 Å². The fraction of sp³-hybridized carbons (Fsp3) is 0.245. The Hall–Kier alpha value is -7.58. The highest BCUT2D eigenvalue weighted by Crippen LogP contribution is 2.31. The third-order valence-electron chi connectivity index (χ3n) is 10.0. The van der Waals surface area contributed by atoms with E-state index in [-0.39, 0.29) is 11.5 Å². The van der Waals surface area contributed by atoms with E-state index >= 15 is 0 Å². The summed E-state index contributed by atoms with van der Waals surface area (Å²) in [5.41, 5.74) is 2.83. The zero-order valence-corrected chi connectivity index (χ0v) is 38.0. The number of fused-ring (bicyclic) bond motifs is 1. The number of rotatable bonds is 27. The van der Waals surface area contributed by atoms with Gasteiger partial charge in [0.25, 0.3) is 0 Å². The first kappa shape index (κ1) is 48.9. The fourth-order valence-corrected chi connectivity index (χ4v) is 7.38. The number of anilines is 1. The Balaban J connectivity index is 1.12. The van der Waals surface area contributed by atoms with Crippen LogP contribution in [0.5, 0.6) is 23.0 Å². The Kier molecular flexibility index (Phi) is 19.3. The quantitative estimate of drug-likeness (QED) is 0.0121. The van der Waals surface area contributed by atoms with Crippen molar-refractivity contribution in [1.82, 2.24) is 4.98 Å². The van der Waals surface area contributed by atoms with E-state index in [4.69, 9.17) is 38.5 Å². The van der Waals surface area contributed by atoms with Crippen LogP contribution in [0.1, 0.15) is 83.2 Å². The number of thiazole rings is 1. The van der Waals surface area contributed by atoms with Crippen LogP contribution in [0.15, 0.2) is 152 Å². The number of para-hydroxylation sites is 1. The maximum absolute atomic E-state index is 13.6. The van der Waals surface area contributed by atoms with Crippen molar-refractivity contribution in [1.29, 1.82) is 0 Å². The Bertz CT molecular complexity index is 2560. The number of aromatic nitrogens is 1. The summed E-state index contributed by atoms with van der Waals surface area (Å²) in [4.78, 5) is 54.2. The van der Waals surface area contributed by atoms with Crippen LogP contribution in [0.2, 0.25) is 0 Å². The molecule has 0 bridgehead atoms. The molecule has 1 heterocycles. The molecule has 0 amide bonds. The number of unbranched alkanes of at least 4 members (excludes halogenated alkanes) is 6. The molecular weight excluding hydrogens is 871 g/mol. The van der Waals surface area contributed by atoms with Crippen molar-refractivity contribution in [3.05, 3.63) is 169 Å². The fourth-order valence-electron chi connectivity index (χ4n) is 6.46. The third-order valence-corrected chi connectivity index (χ3v) is 11.1. The van der Waals surface area contributed by atoms with Gasteiger partial charge in [0.15, 0.2) is 0 Å². The van der Waals surface area contributed by atoms with E-state index in [9.17, 15) is 19.2 Å².